The van der Waals surface area contributed by atoms with E-state index in [0.29, 0.717) is 12.6 Å². The molecule has 1 fully saturated rings. The Morgan fingerprint density at radius 2 is 2.00 bits per heavy atom. The maximum atomic E-state index is 12.1. The monoisotopic (exact) mass is 304 g/mol. The molecule has 0 saturated heterocycles. The van der Waals surface area contributed by atoms with Gasteiger partial charge in [0.05, 0.1) is 12.0 Å². The third-order valence-electron chi connectivity index (χ3n) is 4.41. The predicted molar refractivity (Wildman–Crippen MR) is 88.4 cm³/mol. The highest BCUT2D eigenvalue weighted by molar-refractivity contribution is 5.79. The molecule has 0 aliphatic heterocycles. The molecule has 3 N–H and O–H groups in total. The van der Waals surface area contributed by atoms with E-state index in [9.17, 15) is 4.79 Å². The topological polar surface area (TPSA) is 64.3 Å². The van der Waals surface area contributed by atoms with Crippen LogP contribution in [-0.4, -0.2) is 25.2 Å². The van der Waals surface area contributed by atoms with Crippen LogP contribution < -0.4 is 11.1 Å². The molecule has 1 aromatic rings. The summed E-state index contributed by atoms with van der Waals surface area (Å²) in [4.78, 5) is 12.1. The van der Waals surface area contributed by atoms with Crippen molar-refractivity contribution in [1.82, 2.24) is 5.32 Å². The maximum absolute atomic E-state index is 12.1. The van der Waals surface area contributed by atoms with Gasteiger partial charge in [0.15, 0.2) is 0 Å². The molecule has 0 spiro atoms. The third kappa shape index (κ3) is 5.11. The summed E-state index contributed by atoms with van der Waals surface area (Å²) in [6, 6.07) is 9.50. The summed E-state index contributed by atoms with van der Waals surface area (Å²) < 4.78 is 5.79. The Morgan fingerprint density at radius 1 is 1.32 bits per heavy atom. The van der Waals surface area contributed by atoms with Crippen LogP contribution in [0.5, 0.6) is 0 Å². The second-order valence-corrected chi connectivity index (χ2v) is 6.15. The lowest BCUT2D eigenvalue weighted by atomic mass is 9.95. The zero-order chi connectivity index (χ0) is 15.8. The number of rotatable bonds is 8. The summed E-state index contributed by atoms with van der Waals surface area (Å²) in [5, 5.41) is 2.96. The normalized spacial score (nSPS) is 18.1. The Morgan fingerprint density at radius 3 is 2.68 bits per heavy atom. The second kappa shape index (κ2) is 8.91. The van der Waals surface area contributed by atoms with Gasteiger partial charge >= 0.3 is 0 Å². The summed E-state index contributed by atoms with van der Waals surface area (Å²) in [5.74, 6) is -0.227. The summed E-state index contributed by atoms with van der Waals surface area (Å²) in [6.45, 7) is 3.25. The van der Waals surface area contributed by atoms with E-state index in [-0.39, 0.29) is 17.9 Å². The molecule has 0 radical (unpaired) electrons. The van der Waals surface area contributed by atoms with Crippen molar-refractivity contribution < 1.29 is 9.53 Å². The van der Waals surface area contributed by atoms with Gasteiger partial charge in [-0.2, -0.15) is 0 Å². The fourth-order valence-corrected chi connectivity index (χ4v) is 2.88. The second-order valence-electron chi connectivity index (χ2n) is 6.15. The molecule has 2 atom stereocenters. The highest BCUT2D eigenvalue weighted by Gasteiger charge is 2.21. The number of hydrogen-bond donors (Lipinski definition) is 2. The van der Waals surface area contributed by atoms with E-state index < -0.39 is 0 Å². The first-order valence-corrected chi connectivity index (χ1v) is 8.38. The first kappa shape index (κ1) is 17.0. The first-order chi connectivity index (χ1) is 10.7. The molecule has 1 aromatic carbocycles. The number of benzene rings is 1. The van der Waals surface area contributed by atoms with Crippen LogP contribution in [0.2, 0.25) is 0 Å². The smallest absolute Gasteiger partial charge is 0.224 e. The fraction of sp³-hybridized carbons (Fsp3) is 0.611. The molecule has 4 nitrogen and oxygen atoms in total. The van der Waals surface area contributed by atoms with E-state index in [1.54, 1.807) is 0 Å². The Hall–Kier alpha value is -1.39. The van der Waals surface area contributed by atoms with E-state index in [0.717, 1.165) is 18.6 Å². The molecule has 1 aliphatic rings. The Labute approximate surface area is 133 Å². The largest absolute Gasteiger partial charge is 0.378 e. The zero-order valence-corrected chi connectivity index (χ0v) is 13.5. The van der Waals surface area contributed by atoms with E-state index in [1.807, 2.05) is 37.3 Å². The molecule has 2 rings (SSSR count). The van der Waals surface area contributed by atoms with Crippen molar-refractivity contribution >= 4 is 5.91 Å². The lowest BCUT2D eigenvalue weighted by Crippen LogP contribution is -2.36. The first-order valence-electron chi connectivity index (χ1n) is 8.38. The van der Waals surface area contributed by atoms with Crippen molar-refractivity contribution in [2.24, 2.45) is 11.7 Å². The number of carbonyl (C=O) groups excluding carboxylic acids is 1. The summed E-state index contributed by atoms with van der Waals surface area (Å²) in [5.41, 5.74) is 7.16. The molecule has 1 amide bonds. The molecule has 1 saturated carbocycles. The molecule has 0 aromatic heterocycles. The van der Waals surface area contributed by atoms with E-state index in [4.69, 9.17) is 10.5 Å². The molecule has 2 unspecified atom stereocenters. The Balaban J connectivity index is 1.63. The lowest BCUT2D eigenvalue weighted by molar-refractivity contribution is -0.125. The predicted octanol–water partition coefficient (Wildman–Crippen LogP) is 2.79. The van der Waals surface area contributed by atoms with Gasteiger partial charge in [-0.25, -0.2) is 0 Å². The number of nitrogens with two attached hydrogens (primary N) is 1. The van der Waals surface area contributed by atoms with Gasteiger partial charge < -0.3 is 15.8 Å². The molecular weight excluding hydrogens is 276 g/mol. The van der Waals surface area contributed by atoms with Crippen molar-refractivity contribution in [3.63, 3.8) is 0 Å². The third-order valence-corrected chi connectivity index (χ3v) is 4.41. The molecule has 22 heavy (non-hydrogen) atoms. The fourth-order valence-electron chi connectivity index (χ4n) is 2.88. The van der Waals surface area contributed by atoms with Crippen LogP contribution in [0.1, 0.15) is 50.6 Å². The average molecular weight is 304 g/mol. The van der Waals surface area contributed by atoms with Crippen molar-refractivity contribution in [3.8, 4) is 0 Å². The van der Waals surface area contributed by atoms with Crippen LogP contribution >= 0.6 is 0 Å². The molecular formula is C18H28N2O2. The van der Waals surface area contributed by atoms with Gasteiger partial charge in [0.1, 0.15) is 0 Å². The standard InChI is InChI=1S/C18H28N2O2/c1-14(17(19)15-8-3-2-4-9-15)18(21)20-12-7-13-22-16-10-5-6-11-16/h2-4,8-9,14,16-17H,5-7,10-13,19H2,1H3,(H,20,21). The van der Waals surface area contributed by atoms with Crippen molar-refractivity contribution in [2.75, 3.05) is 13.2 Å². The minimum absolute atomic E-state index is 0.0113. The maximum Gasteiger partial charge on any atom is 0.224 e. The van der Waals surface area contributed by atoms with Crippen LogP contribution in [0.4, 0.5) is 0 Å². The average Bonchev–Trinajstić information content (AvgIpc) is 3.07. The van der Waals surface area contributed by atoms with Gasteiger partial charge in [-0.3, -0.25) is 4.79 Å². The summed E-state index contributed by atoms with van der Waals surface area (Å²) in [6.07, 6.45) is 6.26. The van der Waals surface area contributed by atoms with Crippen LogP contribution in [-0.2, 0) is 9.53 Å². The Bertz CT molecular complexity index is 444. The minimum Gasteiger partial charge on any atom is -0.378 e. The number of hydrogen-bond acceptors (Lipinski definition) is 3. The summed E-state index contributed by atoms with van der Waals surface area (Å²) in [7, 11) is 0. The van der Waals surface area contributed by atoms with Gasteiger partial charge in [-0.15, -0.1) is 0 Å². The Kier molecular flexibility index (Phi) is 6.87. The highest BCUT2D eigenvalue weighted by Crippen LogP contribution is 2.21. The molecule has 1 aliphatic carbocycles. The van der Waals surface area contributed by atoms with Crippen molar-refractivity contribution in [3.05, 3.63) is 35.9 Å². The van der Waals surface area contributed by atoms with E-state index >= 15 is 0 Å². The van der Waals surface area contributed by atoms with Crippen LogP contribution in [0.3, 0.4) is 0 Å². The molecule has 0 heterocycles. The SMILES string of the molecule is CC(C(=O)NCCCOC1CCCC1)C(N)c1ccccc1. The quantitative estimate of drug-likeness (QED) is 0.726. The number of ether oxygens (including phenoxy) is 1. The van der Waals surface area contributed by atoms with Crippen LogP contribution in [0.15, 0.2) is 30.3 Å². The van der Waals surface area contributed by atoms with Crippen LogP contribution in [0.25, 0.3) is 0 Å². The highest BCUT2D eigenvalue weighted by atomic mass is 16.5. The molecule has 122 valence electrons. The molecule has 4 heteroatoms. The number of amides is 1. The van der Waals surface area contributed by atoms with Gasteiger partial charge in [0.25, 0.3) is 0 Å². The van der Waals surface area contributed by atoms with Gasteiger partial charge in [-0.1, -0.05) is 50.1 Å². The van der Waals surface area contributed by atoms with Gasteiger partial charge in [0.2, 0.25) is 5.91 Å². The van der Waals surface area contributed by atoms with Gasteiger partial charge in [0, 0.05) is 19.2 Å². The molecule has 0 bridgehead atoms. The van der Waals surface area contributed by atoms with E-state index in [2.05, 4.69) is 5.32 Å². The number of nitrogens with one attached hydrogen (secondary N) is 1. The zero-order valence-electron chi connectivity index (χ0n) is 13.5. The van der Waals surface area contributed by atoms with Crippen molar-refractivity contribution in [1.29, 1.82) is 0 Å². The summed E-state index contributed by atoms with van der Waals surface area (Å²) >= 11 is 0. The number of carbonyl (C=O) groups is 1. The van der Waals surface area contributed by atoms with Gasteiger partial charge in [-0.05, 0) is 24.8 Å². The lowest BCUT2D eigenvalue weighted by Gasteiger charge is -2.20. The van der Waals surface area contributed by atoms with E-state index in [1.165, 1.54) is 25.7 Å². The minimum atomic E-state index is -0.268. The van der Waals surface area contributed by atoms with Crippen molar-refractivity contribution in [2.45, 2.75) is 51.2 Å². The van der Waals surface area contributed by atoms with Crippen LogP contribution in [0, 0.1) is 5.92 Å².